The van der Waals surface area contributed by atoms with Crippen LogP contribution in [0.4, 0.5) is 11.4 Å². The van der Waals surface area contributed by atoms with E-state index in [1.165, 1.54) is 6.07 Å². The fourth-order valence-electron chi connectivity index (χ4n) is 2.57. The van der Waals surface area contributed by atoms with Crippen LogP contribution < -0.4 is 20.9 Å². The highest BCUT2D eigenvalue weighted by Gasteiger charge is 2.20. The topological polar surface area (TPSA) is 115 Å². The number of H-pyrrole nitrogens is 2. The van der Waals surface area contributed by atoms with E-state index in [4.69, 9.17) is 0 Å². The number of rotatable bonds is 4. The Kier molecular flexibility index (Phi) is 4.09. The molecule has 0 bridgehead atoms. The summed E-state index contributed by atoms with van der Waals surface area (Å²) in [7, 11) is -0.290. The number of nitrogens with one attached hydrogen (secondary N) is 3. The SMILES string of the molecule is CN(C)c1cccc2c(S(=O)(=O)Nc3c[nH]c(=O)[nH]c3=O)cccc12. The molecule has 1 heterocycles. The van der Waals surface area contributed by atoms with E-state index >= 15 is 0 Å². The third-order valence-corrected chi connectivity index (χ3v) is 5.12. The lowest BCUT2D eigenvalue weighted by Crippen LogP contribution is -2.26. The lowest BCUT2D eigenvalue weighted by Gasteiger charge is -2.17. The van der Waals surface area contributed by atoms with Gasteiger partial charge in [0.2, 0.25) is 0 Å². The summed E-state index contributed by atoms with van der Waals surface area (Å²) in [6.45, 7) is 0. The molecule has 3 rings (SSSR count). The summed E-state index contributed by atoms with van der Waals surface area (Å²) in [5.41, 5.74) is -0.924. The average Bonchev–Trinajstić information content (AvgIpc) is 2.56. The molecule has 0 amide bonds. The molecular formula is C16H16N4O4S. The van der Waals surface area contributed by atoms with Gasteiger partial charge in [0.15, 0.2) is 0 Å². The molecule has 8 nitrogen and oxygen atoms in total. The van der Waals surface area contributed by atoms with Gasteiger partial charge in [0.1, 0.15) is 5.69 Å². The molecule has 0 atom stereocenters. The molecule has 2 aromatic carbocycles. The number of fused-ring (bicyclic) bond motifs is 1. The summed E-state index contributed by atoms with van der Waals surface area (Å²) in [5.74, 6) is 0. The van der Waals surface area contributed by atoms with Crippen molar-refractivity contribution in [1.29, 1.82) is 0 Å². The standard InChI is InChI=1S/C16H16N4O4S/c1-20(2)13-7-3-6-11-10(13)5-4-8-14(11)25(23,24)19-12-9-17-16(22)18-15(12)21/h3-9,19H,1-2H3,(H2,17,18,21,22). The first-order valence-corrected chi connectivity index (χ1v) is 8.82. The second-order valence-corrected chi connectivity index (χ2v) is 7.26. The van der Waals surface area contributed by atoms with Gasteiger partial charge < -0.3 is 9.88 Å². The van der Waals surface area contributed by atoms with Crippen LogP contribution in [0.1, 0.15) is 0 Å². The van der Waals surface area contributed by atoms with Crippen molar-refractivity contribution < 1.29 is 8.42 Å². The first-order valence-electron chi connectivity index (χ1n) is 7.33. The van der Waals surface area contributed by atoms with Crippen LogP contribution >= 0.6 is 0 Å². The van der Waals surface area contributed by atoms with Gasteiger partial charge >= 0.3 is 5.69 Å². The molecule has 130 valence electrons. The maximum atomic E-state index is 12.8. The van der Waals surface area contributed by atoms with Crippen molar-refractivity contribution in [2.45, 2.75) is 4.90 Å². The van der Waals surface area contributed by atoms with Crippen LogP contribution in [-0.2, 0) is 10.0 Å². The van der Waals surface area contributed by atoms with Crippen LogP contribution in [0.5, 0.6) is 0 Å². The lowest BCUT2D eigenvalue weighted by molar-refractivity contribution is 0.602. The Morgan fingerprint density at radius 3 is 2.36 bits per heavy atom. The number of hydrogen-bond acceptors (Lipinski definition) is 5. The first-order chi connectivity index (χ1) is 11.8. The zero-order valence-electron chi connectivity index (χ0n) is 13.5. The summed E-state index contributed by atoms with van der Waals surface area (Å²) < 4.78 is 27.7. The normalized spacial score (nSPS) is 11.4. The molecule has 0 unspecified atom stereocenters. The summed E-state index contributed by atoms with van der Waals surface area (Å²) in [5, 5.41) is 1.30. The summed E-state index contributed by atoms with van der Waals surface area (Å²) in [6, 6.07) is 10.3. The zero-order chi connectivity index (χ0) is 18.2. The molecule has 3 N–H and O–H groups in total. The zero-order valence-corrected chi connectivity index (χ0v) is 14.3. The van der Waals surface area contributed by atoms with Crippen LogP contribution in [-0.4, -0.2) is 32.5 Å². The van der Waals surface area contributed by atoms with Crippen molar-refractivity contribution in [2.24, 2.45) is 0 Å². The summed E-state index contributed by atoms with van der Waals surface area (Å²) >= 11 is 0. The Bertz CT molecular complexity index is 1160. The van der Waals surface area contributed by atoms with Gasteiger partial charge in [0, 0.05) is 36.8 Å². The van der Waals surface area contributed by atoms with Crippen molar-refractivity contribution in [1.82, 2.24) is 9.97 Å². The molecule has 0 aliphatic heterocycles. The third kappa shape index (κ3) is 3.13. The molecule has 3 aromatic rings. The molecular weight excluding hydrogens is 344 g/mol. The fourth-order valence-corrected chi connectivity index (χ4v) is 3.85. The molecule has 9 heteroatoms. The predicted octanol–water partition coefficient (Wildman–Crippen LogP) is 1.08. The number of aromatic nitrogens is 2. The maximum absolute atomic E-state index is 12.8. The molecule has 0 aliphatic rings. The number of benzene rings is 2. The highest BCUT2D eigenvalue weighted by molar-refractivity contribution is 7.93. The van der Waals surface area contributed by atoms with Gasteiger partial charge in [0.05, 0.1) is 4.90 Å². The lowest BCUT2D eigenvalue weighted by atomic mass is 10.1. The van der Waals surface area contributed by atoms with Crippen molar-refractivity contribution in [2.75, 3.05) is 23.7 Å². The summed E-state index contributed by atoms with van der Waals surface area (Å²) in [6.07, 6.45) is 1.02. The highest BCUT2D eigenvalue weighted by Crippen LogP contribution is 2.30. The largest absolute Gasteiger partial charge is 0.377 e. The van der Waals surface area contributed by atoms with Crippen LogP contribution in [0.2, 0.25) is 0 Å². The van der Waals surface area contributed by atoms with Gasteiger partial charge in [-0.1, -0.05) is 24.3 Å². The smallest absolute Gasteiger partial charge is 0.325 e. The van der Waals surface area contributed by atoms with Gasteiger partial charge in [-0.15, -0.1) is 0 Å². The number of aromatic amines is 2. The highest BCUT2D eigenvalue weighted by atomic mass is 32.2. The quantitative estimate of drug-likeness (QED) is 0.644. The minimum absolute atomic E-state index is 0.0410. The van der Waals surface area contributed by atoms with Crippen molar-refractivity contribution >= 4 is 32.2 Å². The first kappa shape index (κ1) is 16.8. The minimum atomic E-state index is -4.03. The monoisotopic (exact) mass is 360 g/mol. The molecule has 1 aromatic heterocycles. The van der Waals surface area contributed by atoms with E-state index in [0.717, 1.165) is 17.3 Å². The van der Waals surface area contributed by atoms with Crippen molar-refractivity contribution in [3.63, 3.8) is 0 Å². The van der Waals surface area contributed by atoms with E-state index in [1.54, 1.807) is 18.2 Å². The number of sulfonamides is 1. The van der Waals surface area contributed by atoms with Crippen LogP contribution in [0.3, 0.4) is 0 Å². The van der Waals surface area contributed by atoms with Gasteiger partial charge in [-0.25, -0.2) is 13.2 Å². The number of hydrogen-bond donors (Lipinski definition) is 3. The predicted molar refractivity (Wildman–Crippen MR) is 96.8 cm³/mol. The minimum Gasteiger partial charge on any atom is -0.377 e. The fraction of sp³-hybridized carbons (Fsp3) is 0.125. The molecule has 0 radical (unpaired) electrons. The van der Waals surface area contributed by atoms with E-state index in [0.29, 0.717) is 5.39 Å². The average molecular weight is 360 g/mol. The maximum Gasteiger partial charge on any atom is 0.325 e. The van der Waals surface area contributed by atoms with Crippen LogP contribution in [0, 0.1) is 0 Å². The van der Waals surface area contributed by atoms with E-state index < -0.39 is 21.3 Å². The van der Waals surface area contributed by atoms with Gasteiger partial charge in [-0.3, -0.25) is 14.5 Å². The summed E-state index contributed by atoms with van der Waals surface area (Å²) in [4.78, 5) is 28.9. The Morgan fingerprint density at radius 2 is 1.68 bits per heavy atom. The van der Waals surface area contributed by atoms with Gasteiger partial charge in [-0.2, -0.15) is 0 Å². The number of anilines is 2. The van der Waals surface area contributed by atoms with Gasteiger partial charge in [0.25, 0.3) is 15.6 Å². The molecule has 0 fully saturated rings. The molecule has 0 spiro atoms. The Morgan fingerprint density at radius 1 is 1.00 bits per heavy atom. The second-order valence-electron chi connectivity index (χ2n) is 5.61. The van der Waals surface area contributed by atoms with E-state index in [-0.39, 0.29) is 10.6 Å². The van der Waals surface area contributed by atoms with Gasteiger partial charge in [-0.05, 0) is 12.1 Å². The van der Waals surface area contributed by atoms with Crippen molar-refractivity contribution in [3.05, 3.63) is 63.4 Å². The Labute approximate surface area is 143 Å². The second kappa shape index (κ2) is 6.10. The molecule has 0 saturated carbocycles. The molecule has 25 heavy (non-hydrogen) atoms. The van der Waals surface area contributed by atoms with Crippen LogP contribution in [0.15, 0.2) is 57.1 Å². The Hall–Kier alpha value is -3.07. The molecule has 0 aliphatic carbocycles. The van der Waals surface area contributed by atoms with Crippen molar-refractivity contribution in [3.8, 4) is 0 Å². The van der Waals surface area contributed by atoms with E-state index in [2.05, 4.69) is 9.71 Å². The van der Waals surface area contributed by atoms with E-state index in [9.17, 15) is 18.0 Å². The third-order valence-electron chi connectivity index (χ3n) is 3.69. The van der Waals surface area contributed by atoms with Crippen LogP contribution in [0.25, 0.3) is 10.8 Å². The Balaban J connectivity index is 2.16. The van der Waals surface area contributed by atoms with E-state index in [1.807, 2.05) is 36.1 Å². The number of nitrogens with zero attached hydrogens (tertiary/aromatic N) is 1. The molecule has 0 saturated heterocycles.